The van der Waals surface area contributed by atoms with Crippen LogP contribution in [-0.4, -0.2) is 38.2 Å². The first kappa shape index (κ1) is 22.1. The largest absolute Gasteiger partial charge is 0.392 e. The molecular formula is C16H35O4PSi. The zero-order valence-corrected chi connectivity index (χ0v) is 17.1. The van der Waals surface area contributed by atoms with E-state index in [0.717, 1.165) is 19.3 Å². The van der Waals surface area contributed by atoms with Crippen LogP contribution in [0.3, 0.4) is 0 Å². The Balaban J connectivity index is 5.28. The van der Waals surface area contributed by atoms with E-state index in [9.17, 15) is 9.67 Å². The first-order valence-corrected chi connectivity index (χ1v) is 13.6. The predicted octanol–water partition coefficient (Wildman–Crippen LogP) is 5.00. The molecule has 0 unspecified atom stereocenters. The smallest absolute Gasteiger partial charge is 0.340 e. The van der Waals surface area contributed by atoms with E-state index in [1.807, 2.05) is 6.08 Å². The Bertz CT molecular complexity index is 356. The molecule has 0 aromatic rings. The fourth-order valence-electron chi connectivity index (χ4n) is 2.18. The summed E-state index contributed by atoms with van der Waals surface area (Å²) in [7, 11) is -4.79. The molecule has 2 atom stereocenters. The molecule has 0 heterocycles. The van der Waals surface area contributed by atoms with Gasteiger partial charge in [0.15, 0.2) is 0 Å². The third-order valence-electron chi connectivity index (χ3n) is 3.27. The number of aliphatic hydroxyl groups excluding tert-OH is 1. The fourth-order valence-corrected chi connectivity index (χ4v) is 5.13. The highest BCUT2D eigenvalue weighted by molar-refractivity contribution is 7.55. The van der Waals surface area contributed by atoms with Crippen molar-refractivity contribution in [2.75, 3.05) is 13.2 Å². The molecule has 0 spiro atoms. The lowest BCUT2D eigenvalue weighted by molar-refractivity contribution is 0.141. The van der Waals surface area contributed by atoms with Crippen LogP contribution in [0.2, 0.25) is 19.6 Å². The molecule has 0 saturated heterocycles. The van der Waals surface area contributed by atoms with Crippen molar-refractivity contribution in [3.63, 3.8) is 0 Å². The maximum absolute atomic E-state index is 13.1. The quantitative estimate of drug-likeness (QED) is 0.306. The van der Waals surface area contributed by atoms with E-state index in [2.05, 4.69) is 32.3 Å². The second kappa shape index (κ2) is 10.8. The van der Waals surface area contributed by atoms with Crippen molar-refractivity contribution in [1.82, 2.24) is 0 Å². The SMILES string of the molecule is CCCCC[C@@H](O)[C@H](/C=C/[Si](C)(C)C)P(=O)(OCC)OCC. The monoisotopic (exact) mass is 350 g/mol. The summed E-state index contributed by atoms with van der Waals surface area (Å²) in [5, 5.41) is 10.6. The number of hydrogen-bond acceptors (Lipinski definition) is 4. The van der Waals surface area contributed by atoms with Crippen LogP contribution in [0.15, 0.2) is 11.8 Å². The lowest BCUT2D eigenvalue weighted by Gasteiger charge is -2.28. The molecule has 0 radical (unpaired) electrons. The molecule has 0 saturated carbocycles. The van der Waals surface area contributed by atoms with Crippen LogP contribution in [0.4, 0.5) is 0 Å². The number of aliphatic hydroxyl groups is 1. The molecule has 4 nitrogen and oxygen atoms in total. The van der Waals surface area contributed by atoms with Gasteiger partial charge in [0.1, 0.15) is 5.66 Å². The fraction of sp³-hybridized carbons (Fsp3) is 0.875. The molecule has 0 aromatic carbocycles. The minimum absolute atomic E-state index is 0.316. The first-order valence-electron chi connectivity index (χ1n) is 8.46. The highest BCUT2D eigenvalue weighted by atomic mass is 31.2. The van der Waals surface area contributed by atoms with Gasteiger partial charge in [0.2, 0.25) is 0 Å². The van der Waals surface area contributed by atoms with Crippen LogP contribution < -0.4 is 0 Å². The Kier molecular flexibility index (Phi) is 10.8. The van der Waals surface area contributed by atoms with Crippen LogP contribution in [0.1, 0.15) is 46.5 Å². The van der Waals surface area contributed by atoms with Gasteiger partial charge in [-0.25, -0.2) is 0 Å². The average molecular weight is 351 g/mol. The van der Waals surface area contributed by atoms with Gasteiger partial charge in [-0.2, -0.15) is 0 Å². The van der Waals surface area contributed by atoms with E-state index in [1.54, 1.807) is 13.8 Å². The predicted molar refractivity (Wildman–Crippen MR) is 97.3 cm³/mol. The second-order valence-electron chi connectivity index (χ2n) is 6.65. The summed E-state index contributed by atoms with van der Waals surface area (Å²) in [5.41, 5.74) is 1.54. The van der Waals surface area contributed by atoms with Gasteiger partial charge in [-0.05, 0) is 20.3 Å². The van der Waals surface area contributed by atoms with Crippen LogP contribution in [0.25, 0.3) is 0 Å². The standard InChI is InChI=1S/C16H35O4PSi/c1-7-10-11-12-15(17)16(13-14-22(4,5)6)21(18,19-8-2)20-9-3/h13-17H,7-12H2,1-6H3/b14-13+/t15-,16+/m1/s1. The molecule has 0 aliphatic heterocycles. The molecule has 1 N–H and O–H groups in total. The van der Waals surface area contributed by atoms with Crippen LogP contribution in [-0.2, 0) is 13.6 Å². The normalized spacial score (nSPS) is 16.1. The molecule has 6 heteroatoms. The van der Waals surface area contributed by atoms with Crippen molar-refractivity contribution in [3.8, 4) is 0 Å². The maximum Gasteiger partial charge on any atom is 0.340 e. The van der Waals surface area contributed by atoms with E-state index < -0.39 is 27.4 Å². The number of rotatable bonds is 12. The average Bonchev–Trinajstić information content (AvgIpc) is 2.38. The number of hydrogen-bond donors (Lipinski definition) is 1. The van der Waals surface area contributed by atoms with Gasteiger partial charge < -0.3 is 14.2 Å². The maximum atomic E-state index is 13.1. The summed E-state index contributed by atoms with van der Waals surface area (Å²) < 4.78 is 24.0. The zero-order valence-electron chi connectivity index (χ0n) is 15.2. The van der Waals surface area contributed by atoms with Crippen molar-refractivity contribution in [3.05, 3.63) is 11.8 Å². The number of unbranched alkanes of at least 4 members (excludes halogenated alkanes) is 2. The second-order valence-corrected chi connectivity index (χ2v) is 13.9. The van der Waals surface area contributed by atoms with Gasteiger partial charge in [-0.3, -0.25) is 4.57 Å². The van der Waals surface area contributed by atoms with E-state index in [1.165, 1.54) is 0 Å². The molecule has 0 aliphatic carbocycles. The van der Waals surface area contributed by atoms with Crippen LogP contribution >= 0.6 is 7.60 Å². The minimum Gasteiger partial charge on any atom is -0.392 e. The highest BCUT2D eigenvalue weighted by Gasteiger charge is 2.38. The third kappa shape index (κ3) is 8.63. The van der Waals surface area contributed by atoms with Crippen molar-refractivity contribution in [1.29, 1.82) is 0 Å². The summed E-state index contributed by atoms with van der Waals surface area (Å²) in [6, 6.07) is 0. The van der Waals surface area contributed by atoms with Gasteiger partial charge in [-0.15, -0.1) is 0 Å². The molecule has 0 rings (SSSR count). The van der Waals surface area contributed by atoms with Crippen molar-refractivity contribution >= 4 is 15.7 Å². The van der Waals surface area contributed by atoms with E-state index >= 15 is 0 Å². The summed E-state index contributed by atoms with van der Waals surface area (Å²) >= 11 is 0. The van der Waals surface area contributed by atoms with Crippen molar-refractivity contribution in [2.45, 2.75) is 77.9 Å². The summed E-state index contributed by atoms with van der Waals surface area (Å²) in [6.07, 6.45) is 4.90. The van der Waals surface area contributed by atoms with E-state index in [0.29, 0.717) is 19.6 Å². The van der Waals surface area contributed by atoms with Crippen LogP contribution in [0, 0.1) is 0 Å². The summed E-state index contributed by atoms with van der Waals surface area (Å²) in [4.78, 5) is 0. The van der Waals surface area contributed by atoms with Gasteiger partial charge in [0, 0.05) is 0 Å². The Morgan fingerprint density at radius 2 is 1.64 bits per heavy atom. The Morgan fingerprint density at radius 3 is 2.05 bits per heavy atom. The van der Waals surface area contributed by atoms with E-state index in [4.69, 9.17) is 9.05 Å². The molecule has 0 aliphatic rings. The van der Waals surface area contributed by atoms with E-state index in [-0.39, 0.29) is 0 Å². The third-order valence-corrected chi connectivity index (χ3v) is 6.95. The Labute approximate surface area is 137 Å². The molecule has 0 aromatic heterocycles. The lowest BCUT2D eigenvalue weighted by Crippen LogP contribution is -2.28. The summed E-state index contributed by atoms with van der Waals surface area (Å²) in [6.45, 7) is 13.0. The summed E-state index contributed by atoms with van der Waals surface area (Å²) in [5.74, 6) is 0. The highest BCUT2D eigenvalue weighted by Crippen LogP contribution is 2.55. The molecule has 0 fully saturated rings. The minimum atomic E-state index is -3.33. The molecule has 22 heavy (non-hydrogen) atoms. The molecular weight excluding hydrogens is 315 g/mol. The van der Waals surface area contributed by atoms with Crippen LogP contribution in [0.5, 0.6) is 0 Å². The lowest BCUT2D eigenvalue weighted by atomic mass is 10.1. The van der Waals surface area contributed by atoms with Crippen molar-refractivity contribution < 1.29 is 18.7 Å². The first-order chi connectivity index (χ1) is 10.2. The van der Waals surface area contributed by atoms with Gasteiger partial charge >= 0.3 is 7.60 Å². The van der Waals surface area contributed by atoms with Crippen molar-refractivity contribution in [2.24, 2.45) is 0 Å². The van der Waals surface area contributed by atoms with Gasteiger partial charge in [0.05, 0.1) is 27.4 Å². The van der Waals surface area contributed by atoms with Gasteiger partial charge in [-0.1, -0.05) is 57.6 Å². The molecule has 0 amide bonds. The zero-order chi connectivity index (χ0) is 17.2. The molecule has 0 bridgehead atoms. The topological polar surface area (TPSA) is 55.8 Å². The molecule has 132 valence electrons. The van der Waals surface area contributed by atoms with Gasteiger partial charge in [0.25, 0.3) is 0 Å². The Morgan fingerprint density at radius 1 is 1.09 bits per heavy atom. The Hall–Kier alpha value is 0.0669.